The summed E-state index contributed by atoms with van der Waals surface area (Å²) < 4.78 is 32.4. The Hall–Kier alpha value is -1.31. The number of alkyl halides is 2. The van der Waals surface area contributed by atoms with E-state index in [0.29, 0.717) is 19.8 Å². The molecule has 19 heavy (non-hydrogen) atoms. The van der Waals surface area contributed by atoms with E-state index in [-0.39, 0.29) is 24.4 Å². The molecule has 0 aromatic carbocycles. The fourth-order valence-electron chi connectivity index (χ4n) is 2.42. The molecule has 0 aliphatic carbocycles. The van der Waals surface area contributed by atoms with E-state index >= 15 is 0 Å². The molecule has 2 aliphatic rings. The molecule has 3 unspecified atom stereocenters. The Bertz CT molecular complexity index is 403. The van der Waals surface area contributed by atoms with E-state index in [0.717, 1.165) is 0 Å². The molecule has 0 amide bonds. The van der Waals surface area contributed by atoms with E-state index in [1.54, 1.807) is 6.92 Å². The van der Waals surface area contributed by atoms with Crippen molar-refractivity contribution < 1.29 is 18.4 Å². The number of amidine groups is 1. The van der Waals surface area contributed by atoms with Crippen molar-refractivity contribution in [3.05, 3.63) is 10.1 Å². The van der Waals surface area contributed by atoms with Gasteiger partial charge in [0.2, 0.25) is 0 Å². The van der Waals surface area contributed by atoms with Gasteiger partial charge in [0.05, 0.1) is 13.2 Å². The van der Waals surface area contributed by atoms with E-state index in [1.165, 1.54) is 4.90 Å². The Morgan fingerprint density at radius 2 is 2.21 bits per heavy atom. The van der Waals surface area contributed by atoms with Crippen molar-refractivity contribution in [3.63, 3.8) is 0 Å². The number of halogens is 2. The van der Waals surface area contributed by atoms with Crippen molar-refractivity contribution in [2.75, 3.05) is 26.3 Å². The zero-order valence-electron chi connectivity index (χ0n) is 10.9. The van der Waals surface area contributed by atoms with E-state index in [9.17, 15) is 18.9 Å². The summed E-state index contributed by atoms with van der Waals surface area (Å²) in [6, 6.07) is -4.36. The van der Waals surface area contributed by atoms with E-state index in [1.807, 2.05) is 6.92 Å². The molecule has 8 heteroatoms. The predicted octanol–water partition coefficient (Wildman–Crippen LogP) is 1.24. The van der Waals surface area contributed by atoms with Crippen molar-refractivity contribution in [1.82, 2.24) is 4.90 Å². The molecular formula is C11H17F2N3O3. The minimum Gasteiger partial charge on any atom is -0.381 e. The van der Waals surface area contributed by atoms with Crippen LogP contribution < -0.4 is 0 Å². The standard InChI is InChI=1S/C11H17F2N3O3/c1-7-5-19-6-9(7)4-15-8(2)3-14-10(15)11(12,13)16(17)18/h7-9H,3-6H2,1-2H3. The summed E-state index contributed by atoms with van der Waals surface area (Å²) in [5.41, 5.74) is 0. The van der Waals surface area contributed by atoms with Gasteiger partial charge in [0.25, 0.3) is 5.84 Å². The van der Waals surface area contributed by atoms with Crippen LogP contribution >= 0.6 is 0 Å². The summed E-state index contributed by atoms with van der Waals surface area (Å²) >= 11 is 0. The smallest absolute Gasteiger partial charge is 0.381 e. The van der Waals surface area contributed by atoms with Crippen LogP contribution in [-0.2, 0) is 4.74 Å². The Kier molecular flexibility index (Phi) is 3.71. The van der Waals surface area contributed by atoms with Gasteiger partial charge in [0.1, 0.15) is 4.92 Å². The second-order valence-electron chi connectivity index (χ2n) is 5.24. The maximum Gasteiger partial charge on any atom is 0.572 e. The Morgan fingerprint density at radius 3 is 2.74 bits per heavy atom. The van der Waals surface area contributed by atoms with Gasteiger partial charge in [-0.05, 0) is 12.8 Å². The van der Waals surface area contributed by atoms with Crippen LogP contribution in [0.15, 0.2) is 4.99 Å². The molecule has 6 nitrogen and oxygen atoms in total. The maximum atomic E-state index is 13.5. The van der Waals surface area contributed by atoms with Gasteiger partial charge in [0, 0.05) is 25.1 Å². The fraction of sp³-hybridized carbons (Fsp3) is 0.909. The summed E-state index contributed by atoms with van der Waals surface area (Å²) in [5.74, 6) is -0.351. The molecule has 0 radical (unpaired) electrons. The topological polar surface area (TPSA) is 68.0 Å². The van der Waals surface area contributed by atoms with Gasteiger partial charge < -0.3 is 9.64 Å². The SMILES string of the molecule is CC1COCC1CN1C(C(F)(F)[N+](=O)[O-])=NCC1C. The highest BCUT2D eigenvalue weighted by atomic mass is 19.3. The van der Waals surface area contributed by atoms with Gasteiger partial charge in [0.15, 0.2) is 0 Å². The summed E-state index contributed by atoms with van der Waals surface area (Å²) in [7, 11) is 0. The van der Waals surface area contributed by atoms with Crippen molar-refractivity contribution in [1.29, 1.82) is 0 Å². The van der Waals surface area contributed by atoms with Gasteiger partial charge >= 0.3 is 6.05 Å². The quantitative estimate of drug-likeness (QED) is 0.440. The Morgan fingerprint density at radius 1 is 1.53 bits per heavy atom. The summed E-state index contributed by atoms with van der Waals surface area (Å²) in [5, 5.41) is 10.5. The average molecular weight is 277 g/mol. The minimum atomic E-state index is -4.12. The lowest BCUT2D eigenvalue weighted by atomic mass is 9.97. The van der Waals surface area contributed by atoms with Crippen LogP contribution in [0.5, 0.6) is 0 Å². The van der Waals surface area contributed by atoms with Gasteiger partial charge in [-0.2, -0.15) is 0 Å². The lowest BCUT2D eigenvalue weighted by Crippen LogP contribution is -2.50. The van der Waals surface area contributed by atoms with Gasteiger partial charge in [-0.15, -0.1) is 8.78 Å². The van der Waals surface area contributed by atoms with Crippen molar-refractivity contribution in [3.8, 4) is 0 Å². The molecule has 3 atom stereocenters. The van der Waals surface area contributed by atoms with Crippen LogP contribution in [0, 0.1) is 22.0 Å². The first-order valence-corrected chi connectivity index (χ1v) is 6.25. The second-order valence-corrected chi connectivity index (χ2v) is 5.24. The number of rotatable bonds is 4. The second kappa shape index (κ2) is 4.99. The molecule has 0 aromatic rings. The third-order valence-electron chi connectivity index (χ3n) is 3.76. The molecule has 1 fully saturated rings. The highest BCUT2D eigenvalue weighted by Gasteiger charge is 2.56. The average Bonchev–Trinajstić information content (AvgIpc) is 2.88. The van der Waals surface area contributed by atoms with Crippen LogP contribution in [0.3, 0.4) is 0 Å². The number of nitrogens with zero attached hydrogens (tertiary/aromatic N) is 3. The first-order valence-electron chi connectivity index (χ1n) is 6.25. The van der Waals surface area contributed by atoms with Crippen molar-refractivity contribution in [2.45, 2.75) is 25.9 Å². The molecule has 2 aliphatic heterocycles. The molecule has 0 bridgehead atoms. The molecule has 2 heterocycles. The van der Waals surface area contributed by atoms with Crippen LogP contribution in [0.25, 0.3) is 0 Å². The predicted molar refractivity (Wildman–Crippen MR) is 63.9 cm³/mol. The fourth-order valence-corrected chi connectivity index (χ4v) is 2.42. The first-order chi connectivity index (χ1) is 8.84. The summed E-state index contributed by atoms with van der Waals surface area (Å²) in [4.78, 5) is 13.9. The minimum absolute atomic E-state index is 0.105. The number of hydrogen-bond donors (Lipinski definition) is 0. The lowest BCUT2D eigenvalue weighted by Gasteiger charge is -2.29. The number of ether oxygens (including phenoxy) is 1. The van der Waals surface area contributed by atoms with Gasteiger partial charge in [-0.1, -0.05) is 6.92 Å². The molecular weight excluding hydrogens is 260 g/mol. The Labute approximate surface area is 109 Å². The summed E-state index contributed by atoms with van der Waals surface area (Å²) in [6.07, 6.45) is 0. The normalized spacial score (nSPS) is 31.7. The molecule has 0 N–H and O–H groups in total. The zero-order valence-corrected chi connectivity index (χ0v) is 10.9. The molecule has 108 valence electrons. The largest absolute Gasteiger partial charge is 0.572 e. The van der Waals surface area contributed by atoms with Crippen LogP contribution in [-0.4, -0.2) is 54.1 Å². The molecule has 0 aromatic heterocycles. The zero-order chi connectivity index (χ0) is 14.2. The van der Waals surface area contributed by atoms with E-state index in [2.05, 4.69) is 4.99 Å². The molecule has 2 rings (SSSR count). The van der Waals surface area contributed by atoms with Crippen molar-refractivity contribution in [2.24, 2.45) is 16.8 Å². The first kappa shape index (κ1) is 14.1. The monoisotopic (exact) mass is 277 g/mol. The van der Waals surface area contributed by atoms with Crippen LogP contribution in [0.1, 0.15) is 13.8 Å². The van der Waals surface area contributed by atoms with Gasteiger partial charge in [-0.25, -0.2) is 0 Å². The summed E-state index contributed by atoms with van der Waals surface area (Å²) in [6.45, 7) is 5.33. The van der Waals surface area contributed by atoms with Gasteiger partial charge in [-0.3, -0.25) is 15.1 Å². The number of hydrogen-bond acceptors (Lipinski definition) is 5. The number of aliphatic imine (C=N–C) groups is 1. The third-order valence-corrected chi connectivity index (χ3v) is 3.76. The molecule has 0 spiro atoms. The molecule has 0 saturated carbocycles. The van der Waals surface area contributed by atoms with E-state index in [4.69, 9.17) is 4.74 Å². The molecule has 1 saturated heterocycles. The lowest BCUT2D eigenvalue weighted by molar-refractivity contribution is -0.618. The highest BCUT2D eigenvalue weighted by Crippen LogP contribution is 2.29. The van der Waals surface area contributed by atoms with Crippen LogP contribution in [0.4, 0.5) is 8.78 Å². The number of nitro groups is 1. The highest BCUT2D eigenvalue weighted by molar-refractivity contribution is 5.89. The van der Waals surface area contributed by atoms with Crippen LogP contribution in [0.2, 0.25) is 0 Å². The third kappa shape index (κ3) is 2.54. The van der Waals surface area contributed by atoms with Crippen molar-refractivity contribution >= 4 is 5.84 Å². The maximum absolute atomic E-state index is 13.5. The van der Waals surface area contributed by atoms with E-state index < -0.39 is 16.8 Å². The Balaban J connectivity index is 2.13.